The van der Waals surface area contributed by atoms with Gasteiger partial charge >= 0.3 is 0 Å². The zero-order valence-electron chi connectivity index (χ0n) is 15.2. The Morgan fingerprint density at radius 2 is 2.07 bits per heavy atom. The first kappa shape index (κ1) is 18.9. The SMILES string of the molecule is CCNC(=NCCOc1ccc(F)c(F)c1)NC1CCOc2ccccc21. The van der Waals surface area contributed by atoms with Crippen molar-refractivity contribution in [2.75, 3.05) is 26.3 Å². The van der Waals surface area contributed by atoms with Crippen molar-refractivity contribution in [3.63, 3.8) is 0 Å². The molecule has 0 saturated heterocycles. The number of para-hydroxylation sites is 1. The topological polar surface area (TPSA) is 54.9 Å². The van der Waals surface area contributed by atoms with Crippen molar-refractivity contribution in [1.29, 1.82) is 0 Å². The molecule has 2 N–H and O–H groups in total. The number of guanidine groups is 1. The first-order valence-electron chi connectivity index (χ1n) is 9.02. The van der Waals surface area contributed by atoms with Gasteiger partial charge < -0.3 is 20.1 Å². The van der Waals surface area contributed by atoms with E-state index in [1.165, 1.54) is 6.07 Å². The van der Waals surface area contributed by atoms with Crippen molar-refractivity contribution in [3.8, 4) is 11.5 Å². The van der Waals surface area contributed by atoms with Gasteiger partial charge in [0.2, 0.25) is 0 Å². The Morgan fingerprint density at radius 3 is 2.89 bits per heavy atom. The molecule has 1 aliphatic heterocycles. The maximum atomic E-state index is 13.2. The molecule has 27 heavy (non-hydrogen) atoms. The molecule has 0 bridgehead atoms. The maximum Gasteiger partial charge on any atom is 0.191 e. The lowest BCUT2D eigenvalue weighted by Crippen LogP contribution is -2.41. The van der Waals surface area contributed by atoms with Crippen LogP contribution in [-0.4, -0.2) is 32.3 Å². The van der Waals surface area contributed by atoms with Gasteiger partial charge in [-0.15, -0.1) is 0 Å². The molecule has 2 aromatic carbocycles. The summed E-state index contributed by atoms with van der Waals surface area (Å²) in [6.45, 7) is 3.99. The highest BCUT2D eigenvalue weighted by molar-refractivity contribution is 5.80. The second kappa shape index (κ2) is 9.21. The quantitative estimate of drug-likeness (QED) is 0.462. The Labute approximate surface area is 157 Å². The van der Waals surface area contributed by atoms with Crippen LogP contribution < -0.4 is 20.1 Å². The monoisotopic (exact) mass is 375 g/mol. The van der Waals surface area contributed by atoms with Crippen LogP contribution in [0.3, 0.4) is 0 Å². The summed E-state index contributed by atoms with van der Waals surface area (Å²) >= 11 is 0. The van der Waals surface area contributed by atoms with E-state index in [0.29, 0.717) is 19.1 Å². The van der Waals surface area contributed by atoms with E-state index in [2.05, 4.69) is 15.6 Å². The molecule has 1 unspecified atom stereocenters. The van der Waals surface area contributed by atoms with Crippen molar-refractivity contribution in [2.45, 2.75) is 19.4 Å². The maximum absolute atomic E-state index is 13.2. The van der Waals surface area contributed by atoms with E-state index in [1.54, 1.807) is 0 Å². The summed E-state index contributed by atoms with van der Waals surface area (Å²) in [7, 11) is 0. The van der Waals surface area contributed by atoms with Gasteiger partial charge in [0.25, 0.3) is 0 Å². The number of hydrogen-bond acceptors (Lipinski definition) is 3. The van der Waals surface area contributed by atoms with Gasteiger partial charge in [-0.25, -0.2) is 13.8 Å². The Kier molecular flexibility index (Phi) is 6.46. The van der Waals surface area contributed by atoms with E-state index in [0.717, 1.165) is 36.4 Å². The molecule has 0 saturated carbocycles. The van der Waals surface area contributed by atoms with Crippen molar-refractivity contribution in [3.05, 3.63) is 59.7 Å². The van der Waals surface area contributed by atoms with Crippen LogP contribution in [0.5, 0.6) is 11.5 Å². The van der Waals surface area contributed by atoms with Crippen LogP contribution in [0.25, 0.3) is 0 Å². The van der Waals surface area contributed by atoms with Gasteiger partial charge in [0, 0.05) is 24.6 Å². The summed E-state index contributed by atoms with van der Waals surface area (Å²) in [6, 6.07) is 11.5. The Hall–Kier alpha value is -2.83. The molecule has 0 fully saturated rings. The van der Waals surface area contributed by atoms with Gasteiger partial charge in [0.05, 0.1) is 19.2 Å². The van der Waals surface area contributed by atoms with Crippen LogP contribution in [0.2, 0.25) is 0 Å². The average Bonchev–Trinajstić information content (AvgIpc) is 2.68. The fourth-order valence-electron chi connectivity index (χ4n) is 2.86. The lowest BCUT2D eigenvalue weighted by molar-refractivity contribution is 0.261. The minimum absolute atomic E-state index is 0.111. The van der Waals surface area contributed by atoms with Crippen LogP contribution in [0.4, 0.5) is 8.78 Å². The van der Waals surface area contributed by atoms with Gasteiger partial charge in [-0.05, 0) is 25.1 Å². The predicted octanol–water partition coefficient (Wildman–Crippen LogP) is 3.42. The number of ether oxygens (including phenoxy) is 2. The molecule has 1 atom stereocenters. The smallest absolute Gasteiger partial charge is 0.191 e. The van der Waals surface area contributed by atoms with E-state index in [-0.39, 0.29) is 18.4 Å². The lowest BCUT2D eigenvalue weighted by atomic mass is 10.0. The fourth-order valence-corrected chi connectivity index (χ4v) is 2.86. The van der Waals surface area contributed by atoms with Crippen LogP contribution in [0, 0.1) is 11.6 Å². The Bertz CT molecular complexity index is 799. The second-order valence-electron chi connectivity index (χ2n) is 6.06. The first-order chi connectivity index (χ1) is 13.2. The first-order valence-corrected chi connectivity index (χ1v) is 9.02. The second-order valence-corrected chi connectivity index (χ2v) is 6.06. The number of hydrogen-bond donors (Lipinski definition) is 2. The van der Waals surface area contributed by atoms with Gasteiger partial charge in [-0.3, -0.25) is 0 Å². The Balaban J connectivity index is 1.58. The number of halogens is 2. The van der Waals surface area contributed by atoms with Crippen molar-refractivity contribution >= 4 is 5.96 Å². The number of benzene rings is 2. The van der Waals surface area contributed by atoms with Crippen molar-refractivity contribution in [2.24, 2.45) is 4.99 Å². The van der Waals surface area contributed by atoms with Gasteiger partial charge in [0.15, 0.2) is 17.6 Å². The molecule has 1 aliphatic rings. The molecule has 7 heteroatoms. The molecule has 0 spiro atoms. The highest BCUT2D eigenvalue weighted by atomic mass is 19.2. The van der Waals surface area contributed by atoms with Gasteiger partial charge in [-0.1, -0.05) is 18.2 Å². The third kappa shape index (κ3) is 5.09. The molecule has 0 amide bonds. The van der Waals surface area contributed by atoms with E-state index in [4.69, 9.17) is 9.47 Å². The fraction of sp³-hybridized carbons (Fsp3) is 0.350. The highest BCUT2D eigenvalue weighted by Gasteiger charge is 2.21. The summed E-state index contributed by atoms with van der Waals surface area (Å²) < 4.78 is 37.2. The minimum atomic E-state index is -0.927. The highest BCUT2D eigenvalue weighted by Crippen LogP contribution is 2.31. The summed E-state index contributed by atoms with van der Waals surface area (Å²) in [5.41, 5.74) is 1.10. The summed E-state index contributed by atoms with van der Waals surface area (Å²) in [5.74, 6) is 0.0206. The van der Waals surface area contributed by atoms with E-state index < -0.39 is 11.6 Å². The van der Waals surface area contributed by atoms with Crippen molar-refractivity contribution in [1.82, 2.24) is 10.6 Å². The molecule has 5 nitrogen and oxygen atoms in total. The zero-order valence-corrected chi connectivity index (χ0v) is 15.2. The number of rotatable bonds is 6. The standard InChI is InChI=1S/C20H23F2N3O2/c1-2-23-20(24-10-12-26-14-7-8-16(21)17(22)13-14)25-18-9-11-27-19-6-4-3-5-15(18)19/h3-8,13,18H,2,9-12H2,1H3,(H2,23,24,25). The zero-order chi connectivity index (χ0) is 19.1. The normalized spacial score (nSPS) is 16.3. The van der Waals surface area contributed by atoms with Crippen molar-refractivity contribution < 1.29 is 18.3 Å². The third-order valence-electron chi connectivity index (χ3n) is 4.13. The summed E-state index contributed by atoms with van der Waals surface area (Å²) in [4.78, 5) is 4.50. The van der Waals surface area contributed by atoms with Gasteiger partial charge in [0.1, 0.15) is 18.1 Å². The van der Waals surface area contributed by atoms with E-state index in [9.17, 15) is 8.78 Å². The minimum Gasteiger partial charge on any atom is -0.493 e. The summed E-state index contributed by atoms with van der Waals surface area (Å²) in [5, 5.41) is 6.63. The van der Waals surface area contributed by atoms with E-state index in [1.807, 2.05) is 31.2 Å². The van der Waals surface area contributed by atoms with Crippen LogP contribution >= 0.6 is 0 Å². The third-order valence-corrected chi connectivity index (χ3v) is 4.13. The molecule has 2 aromatic rings. The molecule has 144 valence electrons. The lowest BCUT2D eigenvalue weighted by Gasteiger charge is -2.28. The predicted molar refractivity (Wildman–Crippen MR) is 100 cm³/mol. The van der Waals surface area contributed by atoms with Crippen LogP contribution in [-0.2, 0) is 0 Å². The van der Waals surface area contributed by atoms with E-state index >= 15 is 0 Å². The Morgan fingerprint density at radius 1 is 1.22 bits per heavy atom. The number of nitrogens with one attached hydrogen (secondary N) is 2. The molecule has 0 radical (unpaired) electrons. The van der Waals surface area contributed by atoms with Crippen LogP contribution in [0.15, 0.2) is 47.5 Å². The molecule has 1 heterocycles. The average molecular weight is 375 g/mol. The number of aliphatic imine (C=N–C) groups is 1. The number of fused-ring (bicyclic) bond motifs is 1. The molecule has 0 aromatic heterocycles. The summed E-state index contributed by atoms with van der Waals surface area (Å²) in [6.07, 6.45) is 0.840. The molecule has 3 rings (SSSR count). The molecular formula is C20H23F2N3O2. The van der Waals surface area contributed by atoms with Gasteiger partial charge in [-0.2, -0.15) is 0 Å². The molecular weight excluding hydrogens is 352 g/mol. The number of nitrogens with zero attached hydrogens (tertiary/aromatic N) is 1. The molecule has 0 aliphatic carbocycles. The largest absolute Gasteiger partial charge is 0.493 e. The van der Waals surface area contributed by atoms with Crippen LogP contribution in [0.1, 0.15) is 24.9 Å².